The summed E-state index contributed by atoms with van der Waals surface area (Å²) in [7, 11) is 0. The number of hydrogen-bond donors (Lipinski definition) is 1. The first kappa shape index (κ1) is 12.7. The number of benzene rings is 2. The molecule has 0 spiro atoms. The average Bonchev–Trinajstić information content (AvgIpc) is 2.98. The molecule has 3 nitrogen and oxygen atoms in total. The molecule has 3 rings (SSSR count). The van der Waals surface area contributed by atoms with Crippen molar-refractivity contribution in [1.82, 2.24) is 0 Å². The summed E-state index contributed by atoms with van der Waals surface area (Å²) in [6, 6.07) is 17.6. The van der Waals surface area contributed by atoms with Crippen molar-refractivity contribution in [2.24, 2.45) is 0 Å². The van der Waals surface area contributed by atoms with Gasteiger partial charge in [-0.25, -0.2) is 4.79 Å². The molecule has 2 aromatic carbocycles. The van der Waals surface area contributed by atoms with E-state index in [0.717, 1.165) is 25.1 Å². The van der Waals surface area contributed by atoms with Crippen LogP contribution in [0.25, 0.3) is 0 Å². The molecule has 2 aromatic rings. The van der Waals surface area contributed by atoms with Gasteiger partial charge in [-0.05, 0) is 30.2 Å². The molecule has 1 saturated heterocycles. The van der Waals surface area contributed by atoms with Crippen LogP contribution in [0.2, 0.25) is 0 Å². The van der Waals surface area contributed by atoms with Gasteiger partial charge in [0.2, 0.25) is 0 Å². The number of aromatic carboxylic acids is 1. The van der Waals surface area contributed by atoms with E-state index in [-0.39, 0.29) is 0 Å². The largest absolute Gasteiger partial charge is 0.478 e. The molecular formula is C17H17NO2. The maximum absolute atomic E-state index is 11.3. The summed E-state index contributed by atoms with van der Waals surface area (Å²) in [5.74, 6) is -0.540. The summed E-state index contributed by atoms with van der Waals surface area (Å²) in [5, 5.41) is 9.30. The number of rotatable bonds is 3. The quantitative estimate of drug-likeness (QED) is 0.926. The maximum atomic E-state index is 11.3. The van der Waals surface area contributed by atoms with Crippen molar-refractivity contribution in [3.05, 3.63) is 65.7 Å². The van der Waals surface area contributed by atoms with E-state index in [4.69, 9.17) is 0 Å². The van der Waals surface area contributed by atoms with Crippen LogP contribution in [-0.4, -0.2) is 24.2 Å². The minimum atomic E-state index is -0.834. The molecule has 0 saturated carbocycles. The molecule has 1 atom stereocenters. The van der Waals surface area contributed by atoms with Gasteiger partial charge < -0.3 is 10.0 Å². The summed E-state index contributed by atoms with van der Waals surface area (Å²) < 4.78 is 0. The molecule has 1 aliphatic rings. The van der Waals surface area contributed by atoms with Gasteiger partial charge >= 0.3 is 5.97 Å². The molecule has 1 fully saturated rings. The lowest BCUT2D eigenvalue weighted by Gasteiger charge is -2.19. The van der Waals surface area contributed by atoms with Gasteiger partial charge in [0.1, 0.15) is 0 Å². The topological polar surface area (TPSA) is 40.5 Å². The summed E-state index contributed by atoms with van der Waals surface area (Å²) in [5.41, 5.74) is 2.61. The van der Waals surface area contributed by atoms with Crippen molar-refractivity contribution in [3.63, 3.8) is 0 Å². The molecule has 0 radical (unpaired) electrons. The van der Waals surface area contributed by atoms with Gasteiger partial charge in [0, 0.05) is 24.7 Å². The maximum Gasteiger partial charge on any atom is 0.335 e. The van der Waals surface area contributed by atoms with Gasteiger partial charge in [0.15, 0.2) is 0 Å². The van der Waals surface area contributed by atoms with Crippen LogP contribution in [0.5, 0.6) is 0 Å². The van der Waals surface area contributed by atoms with E-state index in [1.54, 1.807) is 12.1 Å². The predicted octanol–water partition coefficient (Wildman–Crippen LogP) is 3.38. The fourth-order valence-electron chi connectivity index (χ4n) is 2.94. The first-order valence-corrected chi connectivity index (χ1v) is 6.88. The van der Waals surface area contributed by atoms with Crippen LogP contribution in [0.3, 0.4) is 0 Å². The van der Waals surface area contributed by atoms with Crippen LogP contribution in [0, 0.1) is 0 Å². The Kier molecular flexibility index (Phi) is 3.42. The number of para-hydroxylation sites is 1. The Hall–Kier alpha value is -2.29. The molecule has 0 aliphatic carbocycles. The first-order valence-electron chi connectivity index (χ1n) is 6.88. The third-order valence-corrected chi connectivity index (χ3v) is 3.94. The van der Waals surface area contributed by atoms with E-state index in [2.05, 4.69) is 17.0 Å². The number of carbonyl (C=O) groups is 1. The summed E-state index contributed by atoms with van der Waals surface area (Å²) in [4.78, 5) is 13.6. The zero-order valence-corrected chi connectivity index (χ0v) is 11.2. The van der Waals surface area contributed by atoms with E-state index in [9.17, 15) is 9.90 Å². The molecule has 1 unspecified atom stereocenters. The third-order valence-electron chi connectivity index (χ3n) is 3.94. The third kappa shape index (κ3) is 2.39. The number of hydrogen-bond acceptors (Lipinski definition) is 2. The molecule has 0 bridgehead atoms. The monoisotopic (exact) mass is 267 g/mol. The molecule has 1 N–H and O–H groups in total. The van der Waals surface area contributed by atoms with Crippen LogP contribution >= 0.6 is 0 Å². The van der Waals surface area contributed by atoms with Crippen molar-refractivity contribution in [2.45, 2.75) is 12.3 Å². The molecule has 3 heteroatoms. The Labute approximate surface area is 118 Å². The molecule has 102 valence electrons. The van der Waals surface area contributed by atoms with Gasteiger partial charge in [-0.3, -0.25) is 0 Å². The highest BCUT2D eigenvalue weighted by Crippen LogP contribution is 2.32. The van der Waals surface area contributed by atoms with Crippen LogP contribution in [0.1, 0.15) is 28.3 Å². The Morgan fingerprint density at radius 3 is 2.50 bits per heavy atom. The Bertz CT molecular complexity index is 609. The fourth-order valence-corrected chi connectivity index (χ4v) is 2.94. The van der Waals surface area contributed by atoms with E-state index in [1.165, 1.54) is 5.69 Å². The lowest BCUT2D eigenvalue weighted by molar-refractivity contribution is 0.0695. The molecule has 1 heterocycles. The highest BCUT2D eigenvalue weighted by molar-refractivity contribution is 5.89. The second kappa shape index (κ2) is 5.37. The lowest BCUT2D eigenvalue weighted by Crippen LogP contribution is -2.19. The average molecular weight is 267 g/mol. The summed E-state index contributed by atoms with van der Waals surface area (Å²) in [6.45, 7) is 1.86. The van der Waals surface area contributed by atoms with Crippen molar-refractivity contribution >= 4 is 11.7 Å². The van der Waals surface area contributed by atoms with Crippen molar-refractivity contribution in [2.75, 3.05) is 18.0 Å². The van der Waals surface area contributed by atoms with Gasteiger partial charge in [-0.15, -0.1) is 0 Å². The van der Waals surface area contributed by atoms with E-state index in [1.807, 2.05) is 30.3 Å². The Balaban J connectivity index is 1.83. The summed E-state index contributed by atoms with van der Waals surface area (Å²) >= 11 is 0. The minimum absolute atomic E-state index is 0.294. The predicted molar refractivity (Wildman–Crippen MR) is 79.4 cm³/mol. The molecular weight excluding hydrogens is 250 g/mol. The molecule has 20 heavy (non-hydrogen) atoms. The number of anilines is 1. The normalized spacial score (nSPS) is 18.2. The standard InChI is InChI=1S/C17H17NO2/c19-17(20)16-9-5-4-8-15(16)13-10-11-18(12-13)14-6-2-1-3-7-14/h1-9,13H,10-12H2,(H,19,20). The number of nitrogens with zero attached hydrogens (tertiary/aromatic N) is 1. The number of carboxylic acids is 1. The van der Waals surface area contributed by atoms with Gasteiger partial charge in [-0.2, -0.15) is 0 Å². The van der Waals surface area contributed by atoms with E-state index >= 15 is 0 Å². The second-order valence-electron chi connectivity index (χ2n) is 5.16. The van der Waals surface area contributed by atoms with Gasteiger partial charge in [0.05, 0.1) is 5.56 Å². The van der Waals surface area contributed by atoms with E-state index in [0.29, 0.717) is 11.5 Å². The first-order chi connectivity index (χ1) is 9.75. The second-order valence-corrected chi connectivity index (χ2v) is 5.16. The summed E-state index contributed by atoms with van der Waals surface area (Å²) in [6.07, 6.45) is 0.999. The van der Waals surface area contributed by atoms with Crippen molar-refractivity contribution in [3.8, 4) is 0 Å². The Morgan fingerprint density at radius 1 is 1.05 bits per heavy atom. The molecule has 0 aromatic heterocycles. The van der Waals surface area contributed by atoms with Crippen molar-refractivity contribution < 1.29 is 9.90 Å². The zero-order chi connectivity index (χ0) is 13.9. The number of carboxylic acid groups (broad SMARTS) is 1. The molecule has 1 aliphatic heterocycles. The van der Waals surface area contributed by atoms with E-state index < -0.39 is 5.97 Å². The van der Waals surface area contributed by atoms with Gasteiger partial charge in [-0.1, -0.05) is 36.4 Å². The highest BCUT2D eigenvalue weighted by atomic mass is 16.4. The highest BCUT2D eigenvalue weighted by Gasteiger charge is 2.26. The lowest BCUT2D eigenvalue weighted by atomic mass is 9.93. The van der Waals surface area contributed by atoms with Crippen LogP contribution in [-0.2, 0) is 0 Å². The smallest absolute Gasteiger partial charge is 0.335 e. The van der Waals surface area contributed by atoms with Crippen molar-refractivity contribution in [1.29, 1.82) is 0 Å². The fraction of sp³-hybridized carbons (Fsp3) is 0.235. The minimum Gasteiger partial charge on any atom is -0.478 e. The SMILES string of the molecule is O=C(O)c1ccccc1C1CCN(c2ccccc2)C1. The van der Waals surface area contributed by atoms with Crippen LogP contribution < -0.4 is 4.90 Å². The van der Waals surface area contributed by atoms with Gasteiger partial charge in [0.25, 0.3) is 0 Å². The Morgan fingerprint density at radius 2 is 1.75 bits per heavy atom. The van der Waals surface area contributed by atoms with Crippen LogP contribution in [0.4, 0.5) is 5.69 Å². The molecule has 0 amide bonds. The van der Waals surface area contributed by atoms with Crippen LogP contribution in [0.15, 0.2) is 54.6 Å². The zero-order valence-electron chi connectivity index (χ0n) is 11.2.